The average Bonchev–Trinajstić information content (AvgIpc) is 3.37. The number of furan rings is 1. The Bertz CT molecular complexity index is 934. The van der Waals surface area contributed by atoms with Crippen LogP contribution in [0.25, 0.3) is 0 Å². The molecule has 0 N–H and O–H groups in total. The second-order valence-corrected chi connectivity index (χ2v) is 7.54. The molecule has 0 bridgehead atoms. The van der Waals surface area contributed by atoms with Gasteiger partial charge in [-0.1, -0.05) is 48.0 Å². The van der Waals surface area contributed by atoms with Crippen molar-refractivity contribution in [2.45, 2.75) is 24.3 Å². The van der Waals surface area contributed by atoms with E-state index in [9.17, 15) is 4.79 Å². The Labute approximate surface area is 162 Å². The van der Waals surface area contributed by atoms with Gasteiger partial charge in [0, 0.05) is 11.3 Å². The minimum absolute atomic E-state index is 0.0210. The highest BCUT2D eigenvalue weighted by Crippen LogP contribution is 2.34. The molecule has 0 aliphatic carbocycles. The average molecular weight is 376 g/mol. The van der Waals surface area contributed by atoms with E-state index >= 15 is 0 Å². The molecule has 27 heavy (non-hydrogen) atoms. The lowest BCUT2D eigenvalue weighted by Gasteiger charge is -2.19. The van der Waals surface area contributed by atoms with Crippen LogP contribution < -0.4 is 0 Å². The summed E-state index contributed by atoms with van der Waals surface area (Å²) in [6.07, 6.45) is 2.29. The molecule has 1 atom stereocenters. The van der Waals surface area contributed by atoms with Crippen LogP contribution in [0.1, 0.15) is 29.3 Å². The fraction of sp³-hybridized carbons (Fsp3) is 0.182. The normalized spacial score (nSPS) is 16.4. The molecule has 136 valence electrons. The number of carbonyl (C=O) groups excluding carboxylic acids is 1. The number of aryl methyl sites for hydroxylation is 1. The van der Waals surface area contributed by atoms with Gasteiger partial charge in [0.1, 0.15) is 11.8 Å². The van der Waals surface area contributed by atoms with Crippen molar-refractivity contribution in [2.24, 2.45) is 5.10 Å². The molecule has 4 nitrogen and oxygen atoms in total. The van der Waals surface area contributed by atoms with Crippen LogP contribution in [0.15, 0.2) is 87.4 Å². The molecule has 1 aromatic heterocycles. The molecular weight excluding hydrogens is 356 g/mol. The molecule has 0 radical (unpaired) electrons. The van der Waals surface area contributed by atoms with Crippen LogP contribution in [-0.2, 0) is 4.79 Å². The van der Waals surface area contributed by atoms with Crippen molar-refractivity contribution >= 4 is 23.4 Å². The first kappa shape index (κ1) is 17.6. The maximum absolute atomic E-state index is 12.9. The molecule has 1 aliphatic rings. The Hall–Kier alpha value is -2.79. The van der Waals surface area contributed by atoms with E-state index in [0.29, 0.717) is 12.2 Å². The number of carbonyl (C=O) groups is 1. The smallest absolute Gasteiger partial charge is 0.253 e. The van der Waals surface area contributed by atoms with Crippen molar-refractivity contribution in [1.29, 1.82) is 0 Å². The molecule has 1 unspecified atom stereocenters. The third-order valence-electron chi connectivity index (χ3n) is 4.53. The SMILES string of the molecule is Cc1ccc(C2=NN(C(=O)CSc3ccccc3)C(c3ccco3)C2)cc1. The second-order valence-electron chi connectivity index (χ2n) is 6.49. The molecule has 0 spiro atoms. The Morgan fingerprint density at radius 3 is 2.59 bits per heavy atom. The number of benzene rings is 2. The van der Waals surface area contributed by atoms with E-state index in [1.165, 1.54) is 17.3 Å². The van der Waals surface area contributed by atoms with Gasteiger partial charge in [-0.05, 0) is 36.8 Å². The van der Waals surface area contributed by atoms with Crippen LogP contribution in [0.3, 0.4) is 0 Å². The summed E-state index contributed by atoms with van der Waals surface area (Å²) in [6.45, 7) is 2.06. The molecule has 4 rings (SSSR count). The zero-order valence-corrected chi connectivity index (χ0v) is 15.9. The van der Waals surface area contributed by atoms with Crippen LogP contribution >= 0.6 is 11.8 Å². The van der Waals surface area contributed by atoms with Crippen molar-refractivity contribution in [2.75, 3.05) is 5.75 Å². The number of amides is 1. The van der Waals surface area contributed by atoms with E-state index in [1.54, 1.807) is 11.3 Å². The molecule has 0 saturated carbocycles. The standard InChI is InChI=1S/C22H20N2O2S/c1-16-9-11-17(12-10-16)19-14-20(21-8-5-13-26-21)24(23-19)22(25)15-27-18-6-3-2-4-7-18/h2-13,20H,14-15H2,1H3. The summed E-state index contributed by atoms with van der Waals surface area (Å²) in [4.78, 5) is 14.0. The van der Waals surface area contributed by atoms with Crippen LogP contribution in [0.4, 0.5) is 0 Å². The van der Waals surface area contributed by atoms with Gasteiger partial charge in [0.25, 0.3) is 5.91 Å². The Kier molecular flexibility index (Phi) is 5.12. The highest BCUT2D eigenvalue weighted by atomic mass is 32.2. The molecule has 2 aromatic carbocycles. The third kappa shape index (κ3) is 3.98. The minimum Gasteiger partial charge on any atom is -0.467 e. The van der Waals surface area contributed by atoms with Crippen LogP contribution in [0.2, 0.25) is 0 Å². The van der Waals surface area contributed by atoms with Gasteiger partial charge in [-0.15, -0.1) is 11.8 Å². The predicted octanol–water partition coefficient (Wildman–Crippen LogP) is 5.06. The maximum Gasteiger partial charge on any atom is 0.253 e. The maximum atomic E-state index is 12.9. The van der Waals surface area contributed by atoms with Gasteiger partial charge >= 0.3 is 0 Å². The van der Waals surface area contributed by atoms with Gasteiger partial charge in [-0.2, -0.15) is 5.10 Å². The van der Waals surface area contributed by atoms with Crippen LogP contribution in [0, 0.1) is 6.92 Å². The number of hydrogen-bond acceptors (Lipinski definition) is 4. The highest BCUT2D eigenvalue weighted by molar-refractivity contribution is 8.00. The fourth-order valence-electron chi connectivity index (χ4n) is 3.09. The summed E-state index contributed by atoms with van der Waals surface area (Å²) in [5.74, 6) is 1.08. The Morgan fingerprint density at radius 1 is 1.11 bits per heavy atom. The third-order valence-corrected chi connectivity index (χ3v) is 5.52. The van der Waals surface area contributed by atoms with Gasteiger partial charge in [0.05, 0.1) is 17.7 Å². The van der Waals surface area contributed by atoms with E-state index in [0.717, 1.165) is 21.9 Å². The lowest BCUT2D eigenvalue weighted by Crippen LogP contribution is -2.28. The Balaban J connectivity index is 1.55. The van der Waals surface area contributed by atoms with Crippen molar-refractivity contribution in [3.8, 4) is 0 Å². The quantitative estimate of drug-likeness (QED) is 0.585. The van der Waals surface area contributed by atoms with Crippen molar-refractivity contribution in [3.05, 3.63) is 89.9 Å². The van der Waals surface area contributed by atoms with Gasteiger partial charge < -0.3 is 4.42 Å². The molecular formula is C22H20N2O2S. The number of nitrogens with zero attached hydrogens (tertiary/aromatic N) is 2. The lowest BCUT2D eigenvalue weighted by molar-refractivity contribution is -0.130. The number of hydrazone groups is 1. The van der Waals surface area contributed by atoms with Gasteiger partial charge in [-0.3, -0.25) is 4.79 Å². The van der Waals surface area contributed by atoms with E-state index in [-0.39, 0.29) is 11.9 Å². The molecule has 1 aliphatic heterocycles. The molecule has 3 aromatic rings. The van der Waals surface area contributed by atoms with Crippen molar-refractivity contribution in [1.82, 2.24) is 5.01 Å². The molecule has 2 heterocycles. The fourth-order valence-corrected chi connectivity index (χ4v) is 3.86. The summed E-state index contributed by atoms with van der Waals surface area (Å²) >= 11 is 1.52. The zero-order valence-electron chi connectivity index (χ0n) is 15.0. The molecule has 5 heteroatoms. The van der Waals surface area contributed by atoms with E-state index in [1.807, 2.05) is 42.5 Å². The monoisotopic (exact) mass is 376 g/mol. The number of rotatable bonds is 5. The van der Waals surface area contributed by atoms with E-state index < -0.39 is 0 Å². The van der Waals surface area contributed by atoms with Crippen LogP contribution in [0.5, 0.6) is 0 Å². The zero-order chi connectivity index (χ0) is 18.6. The summed E-state index contributed by atoms with van der Waals surface area (Å²) < 4.78 is 5.59. The summed E-state index contributed by atoms with van der Waals surface area (Å²) in [6, 6.07) is 21.7. The summed E-state index contributed by atoms with van der Waals surface area (Å²) in [5.41, 5.74) is 3.16. The summed E-state index contributed by atoms with van der Waals surface area (Å²) in [7, 11) is 0. The summed E-state index contributed by atoms with van der Waals surface area (Å²) in [5, 5.41) is 6.25. The highest BCUT2D eigenvalue weighted by Gasteiger charge is 2.34. The predicted molar refractivity (Wildman–Crippen MR) is 108 cm³/mol. The molecule has 1 amide bonds. The first-order chi connectivity index (χ1) is 13.2. The number of hydrogen-bond donors (Lipinski definition) is 0. The van der Waals surface area contributed by atoms with Gasteiger partial charge in [0.2, 0.25) is 0 Å². The van der Waals surface area contributed by atoms with Gasteiger partial charge in [-0.25, -0.2) is 5.01 Å². The van der Waals surface area contributed by atoms with Gasteiger partial charge in [0.15, 0.2) is 0 Å². The Morgan fingerprint density at radius 2 is 1.89 bits per heavy atom. The molecule has 0 fully saturated rings. The van der Waals surface area contributed by atoms with Crippen molar-refractivity contribution < 1.29 is 9.21 Å². The molecule has 0 saturated heterocycles. The first-order valence-electron chi connectivity index (χ1n) is 8.88. The minimum atomic E-state index is -0.194. The van der Waals surface area contributed by atoms with E-state index in [2.05, 4.69) is 36.3 Å². The topological polar surface area (TPSA) is 45.8 Å². The van der Waals surface area contributed by atoms with Crippen LogP contribution in [-0.4, -0.2) is 22.4 Å². The van der Waals surface area contributed by atoms with E-state index in [4.69, 9.17) is 4.42 Å². The first-order valence-corrected chi connectivity index (χ1v) is 9.87. The lowest BCUT2D eigenvalue weighted by atomic mass is 10.0. The second kappa shape index (κ2) is 7.84. The van der Waals surface area contributed by atoms with Crippen molar-refractivity contribution in [3.63, 3.8) is 0 Å². The largest absolute Gasteiger partial charge is 0.467 e. The number of thioether (sulfide) groups is 1.